The predicted molar refractivity (Wildman–Crippen MR) is 88.2 cm³/mol. The van der Waals surface area contributed by atoms with Gasteiger partial charge in [-0.3, -0.25) is 0 Å². The van der Waals surface area contributed by atoms with Gasteiger partial charge in [-0.15, -0.1) is 0 Å². The largest absolute Gasteiger partial charge is 0.303 e. The van der Waals surface area contributed by atoms with Crippen LogP contribution in [0.5, 0.6) is 0 Å². The lowest BCUT2D eigenvalue weighted by Gasteiger charge is -2.51. The standard InChI is InChI=1S/C20H34O/c1-19(12-6-10-18(19)15-21)14-11-17-9-5-8-16-7-3-4-13-20(16,17)2/h15-18H,3-14H2,1-2H3/t16-,17?,18+,19+,20-/m0/s1. The van der Waals surface area contributed by atoms with Gasteiger partial charge in [0.2, 0.25) is 0 Å². The molecule has 0 radical (unpaired) electrons. The van der Waals surface area contributed by atoms with Crippen LogP contribution in [0.3, 0.4) is 0 Å². The van der Waals surface area contributed by atoms with Crippen LogP contribution >= 0.6 is 0 Å². The lowest BCUT2D eigenvalue weighted by Crippen LogP contribution is -2.41. The molecule has 1 heteroatoms. The van der Waals surface area contributed by atoms with Gasteiger partial charge in [0.25, 0.3) is 0 Å². The average molecular weight is 290 g/mol. The normalized spacial score (nSPS) is 47.0. The van der Waals surface area contributed by atoms with E-state index in [9.17, 15) is 4.79 Å². The Balaban J connectivity index is 1.65. The van der Waals surface area contributed by atoms with Crippen LogP contribution in [0, 0.1) is 28.6 Å². The minimum Gasteiger partial charge on any atom is -0.303 e. The summed E-state index contributed by atoms with van der Waals surface area (Å²) in [4.78, 5) is 11.4. The van der Waals surface area contributed by atoms with Crippen LogP contribution in [0.2, 0.25) is 0 Å². The van der Waals surface area contributed by atoms with Gasteiger partial charge in [0, 0.05) is 5.92 Å². The Morgan fingerprint density at radius 1 is 0.952 bits per heavy atom. The summed E-state index contributed by atoms with van der Waals surface area (Å²) in [6, 6.07) is 0. The fourth-order valence-corrected chi connectivity index (χ4v) is 6.16. The zero-order valence-corrected chi connectivity index (χ0v) is 14.2. The quantitative estimate of drug-likeness (QED) is 0.601. The number of hydrogen-bond donors (Lipinski definition) is 0. The van der Waals surface area contributed by atoms with E-state index in [1.165, 1.54) is 76.9 Å². The van der Waals surface area contributed by atoms with Crippen LogP contribution in [-0.4, -0.2) is 6.29 Å². The van der Waals surface area contributed by atoms with Crippen molar-refractivity contribution < 1.29 is 4.79 Å². The predicted octanol–water partition coefficient (Wildman–Crippen LogP) is 5.77. The van der Waals surface area contributed by atoms with Crippen molar-refractivity contribution in [3.05, 3.63) is 0 Å². The van der Waals surface area contributed by atoms with Crippen molar-refractivity contribution in [2.45, 2.75) is 90.9 Å². The van der Waals surface area contributed by atoms with E-state index in [0.717, 1.165) is 18.3 Å². The fraction of sp³-hybridized carbons (Fsp3) is 0.950. The third kappa shape index (κ3) is 2.82. The molecule has 0 aromatic carbocycles. The second-order valence-electron chi connectivity index (χ2n) is 8.90. The highest BCUT2D eigenvalue weighted by molar-refractivity contribution is 5.55. The first-order chi connectivity index (χ1) is 10.1. The molecule has 0 N–H and O–H groups in total. The van der Waals surface area contributed by atoms with E-state index < -0.39 is 0 Å². The van der Waals surface area contributed by atoms with E-state index in [1.54, 1.807) is 0 Å². The highest BCUT2D eigenvalue weighted by Crippen LogP contribution is 2.56. The summed E-state index contributed by atoms with van der Waals surface area (Å²) in [6.07, 6.45) is 17.9. The summed E-state index contributed by atoms with van der Waals surface area (Å²) in [5, 5.41) is 0. The molecule has 0 spiro atoms. The molecule has 0 aromatic rings. The van der Waals surface area contributed by atoms with Gasteiger partial charge in [-0.05, 0) is 74.0 Å². The van der Waals surface area contributed by atoms with Gasteiger partial charge in [0.05, 0.1) is 0 Å². The minimum atomic E-state index is 0.319. The summed E-state index contributed by atoms with van der Waals surface area (Å²) < 4.78 is 0. The molecule has 21 heavy (non-hydrogen) atoms. The van der Waals surface area contributed by atoms with Crippen LogP contribution in [0.4, 0.5) is 0 Å². The Bertz CT molecular complexity index is 374. The molecular weight excluding hydrogens is 256 g/mol. The van der Waals surface area contributed by atoms with Crippen molar-refractivity contribution in [3.8, 4) is 0 Å². The average Bonchev–Trinajstić information content (AvgIpc) is 2.86. The lowest BCUT2D eigenvalue weighted by molar-refractivity contribution is -0.114. The van der Waals surface area contributed by atoms with Gasteiger partial charge in [-0.25, -0.2) is 0 Å². The Labute approximate surface area is 131 Å². The number of hydrogen-bond acceptors (Lipinski definition) is 1. The molecule has 0 amide bonds. The summed E-state index contributed by atoms with van der Waals surface area (Å²) in [7, 11) is 0. The first kappa shape index (κ1) is 15.6. The number of aldehydes is 1. The first-order valence-corrected chi connectivity index (χ1v) is 9.54. The van der Waals surface area contributed by atoms with Crippen molar-refractivity contribution in [3.63, 3.8) is 0 Å². The topological polar surface area (TPSA) is 17.1 Å². The van der Waals surface area contributed by atoms with Crippen LogP contribution < -0.4 is 0 Å². The third-order valence-electron chi connectivity index (χ3n) is 7.87. The number of fused-ring (bicyclic) bond motifs is 1. The smallest absolute Gasteiger partial charge is 0.123 e. The molecule has 3 aliphatic rings. The zero-order valence-electron chi connectivity index (χ0n) is 14.2. The van der Waals surface area contributed by atoms with Crippen LogP contribution in [-0.2, 0) is 4.79 Å². The molecule has 0 aromatic heterocycles. The van der Waals surface area contributed by atoms with Crippen molar-refractivity contribution in [1.29, 1.82) is 0 Å². The van der Waals surface area contributed by atoms with Crippen molar-refractivity contribution >= 4 is 6.29 Å². The Kier molecular flexibility index (Phi) is 4.48. The second kappa shape index (κ2) is 6.05. The molecular formula is C20H34O. The van der Waals surface area contributed by atoms with E-state index in [2.05, 4.69) is 13.8 Å². The highest BCUT2D eigenvalue weighted by Gasteiger charge is 2.46. The fourth-order valence-electron chi connectivity index (χ4n) is 6.16. The van der Waals surface area contributed by atoms with Crippen LogP contribution in [0.1, 0.15) is 90.9 Å². The van der Waals surface area contributed by atoms with E-state index >= 15 is 0 Å². The molecule has 1 nitrogen and oxygen atoms in total. The lowest BCUT2D eigenvalue weighted by atomic mass is 9.54. The second-order valence-corrected chi connectivity index (χ2v) is 8.90. The Morgan fingerprint density at radius 2 is 1.76 bits per heavy atom. The first-order valence-electron chi connectivity index (χ1n) is 9.54. The van der Waals surface area contributed by atoms with Crippen molar-refractivity contribution in [1.82, 2.24) is 0 Å². The molecule has 5 atom stereocenters. The number of rotatable bonds is 4. The van der Waals surface area contributed by atoms with E-state index in [0.29, 0.717) is 16.7 Å². The number of carbonyl (C=O) groups is 1. The van der Waals surface area contributed by atoms with Gasteiger partial charge in [0.15, 0.2) is 0 Å². The summed E-state index contributed by atoms with van der Waals surface area (Å²) in [5.74, 6) is 2.28. The monoisotopic (exact) mass is 290 g/mol. The molecule has 0 bridgehead atoms. The summed E-state index contributed by atoms with van der Waals surface area (Å²) in [5.41, 5.74) is 0.946. The molecule has 120 valence electrons. The molecule has 3 fully saturated rings. The number of carbonyl (C=O) groups excluding carboxylic acids is 1. The molecule has 3 aliphatic carbocycles. The molecule has 0 saturated heterocycles. The van der Waals surface area contributed by atoms with E-state index in [-0.39, 0.29) is 0 Å². The maximum atomic E-state index is 11.4. The van der Waals surface area contributed by atoms with Gasteiger partial charge in [-0.1, -0.05) is 39.5 Å². The summed E-state index contributed by atoms with van der Waals surface area (Å²) >= 11 is 0. The highest BCUT2D eigenvalue weighted by atomic mass is 16.1. The minimum absolute atomic E-state index is 0.319. The zero-order chi connectivity index (χ0) is 14.9. The maximum Gasteiger partial charge on any atom is 0.123 e. The summed E-state index contributed by atoms with van der Waals surface area (Å²) in [6.45, 7) is 5.00. The SMILES string of the molecule is C[C@]1(CCC2CCC[C@@H]3CCCC[C@]23C)CCC[C@@H]1C=O. The van der Waals surface area contributed by atoms with Gasteiger partial charge < -0.3 is 4.79 Å². The van der Waals surface area contributed by atoms with E-state index in [4.69, 9.17) is 0 Å². The van der Waals surface area contributed by atoms with Crippen LogP contribution in [0.25, 0.3) is 0 Å². The molecule has 0 heterocycles. The van der Waals surface area contributed by atoms with Gasteiger partial charge in [0.1, 0.15) is 6.29 Å². The molecule has 3 rings (SSSR count). The molecule has 0 aliphatic heterocycles. The maximum absolute atomic E-state index is 11.4. The van der Waals surface area contributed by atoms with Crippen LogP contribution in [0.15, 0.2) is 0 Å². The Hall–Kier alpha value is -0.330. The molecule has 1 unspecified atom stereocenters. The van der Waals surface area contributed by atoms with Gasteiger partial charge >= 0.3 is 0 Å². The van der Waals surface area contributed by atoms with Gasteiger partial charge in [-0.2, -0.15) is 0 Å². The van der Waals surface area contributed by atoms with Crippen molar-refractivity contribution in [2.75, 3.05) is 0 Å². The molecule has 3 saturated carbocycles. The third-order valence-corrected chi connectivity index (χ3v) is 7.87. The van der Waals surface area contributed by atoms with E-state index in [1.807, 2.05) is 0 Å². The van der Waals surface area contributed by atoms with Crippen molar-refractivity contribution in [2.24, 2.45) is 28.6 Å². The Morgan fingerprint density at radius 3 is 2.57 bits per heavy atom.